The maximum Gasteiger partial charge on any atom is 0.255 e. The Bertz CT molecular complexity index is 1360. The van der Waals surface area contributed by atoms with Crippen LogP contribution in [0.1, 0.15) is 52.7 Å². The Hall–Kier alpha value is -2.80. The molecule has 1 aromatic heterocycles. The molecule has 4 aromatic rings. The number of carbonyl (C=O) groups excluding carboxylic acids is 2. The molecule has 1 amide bonds. The molecule has 0 bridgehead atoms. The number of hydrogen-bond donors (Lipinski definition) is 1. The van der Waals surface area contributed by atoms with Gasteiger partial charge < -0.3 is 14.5 Å². The van der Waals surface area contributed by atoms with E-state index in [4.69, 9.17) is 32.4 Å². The van der Waals surface area contributed by atoms with Crippen LogP contribution in [0.3, 0.4) is 0 Å². The van der Waals surface area contributed by atoms with Gasteiger partial charge in [0.25, 0.3) is 5.91 Å². The van der Waals surface area contributed by atoms with E-state index in [-0.39, 0.29) is 32.8 Å². The Morgan fingerprint density at radius 2 is 1.66 bits per heavy atom. The van der Waals surface area contributed by atoms with Gasteiger partial charge in [0.05, 0.1) is 22.3 Å². The molecule has 0 unspecified atom stereocenters. The number of carbonyl (C=O) groups is 2. The maximum atomic E-state index is 13.2. The van der Waals surface area contributed by atoms with Crippen molar-refractivity contribution in [3.05, 3.63) is 92.1 Å². The average molecular weight is 575 g/mol. The van der Waals surface area contributed by atoms with Crippen molar-refractivity contribution < 1.29 is 18.7 Å². The average Bonchev–Trinajstić information content (AvgIpc) is 3.21. The van der Waals surface area contributed by atoms with Crippen LogP contribution in [-0.4, -0.2) is 18.3 Å². The van der Waals surface area contributed by atoms with E-state index >= 15 is 0 Å². The van der Waals surface area contributed by atoms with Gasteiger partial charge in [-0.2, -0.15) is 0 Å². The third-order valence-electron chi connectivity index (χ3n) is 5.40. The monoisotopic (exact) mass is 573 g/mol. The van der Waals surface area contributed by atoms with Crippen LogP contribution in [0.25, 0.3) is 11.0 Å². The summed E-state index contributed by atoms with van der Waals surface area (Å²) in [6.07, 6.45) is 2.99. The summed E-state index contributed by atoms with van der Waals surface area (Å²) in [6, 6.07) is 17.0. The molecular weight excluding hydrogens is 553 g/mol. The molecule has 0 atom stereocenters. The Morgan fingerprint density at radius 1 is 0.971 bits per heavy atom. The molecule has 0 fully saturated rings. The van der Waals surface area contributed by atoms with Crippen molar-refractivity contribution in [1.82, 2.24) is 0 Å². The van der Waals surface area contributed by atoms with Crippen LogP contribution in [0.4, 0.5) is 5.69 Å². The molecule has 0 saturated carbocycles. The van der Waals surface area contributed by atoms with Gasteiger partial charge in [-0.25, -0.2) is 0 Å². The zero-order valence-corrected chi connectivity index (χ0v) is 22.0. The van der Waals surface area contributed by atoms with Crippen molar-refractivity contribution in [3.63, 3.8) is 0 Å². The van der Waals surface area contributed by atoms with Crippen LogP contribution < -0.4 is 10.1 Å². The molecule has 0 spiro atoms. The van der Waals surface area contributed by atoms with Crippen LogP contribution >= 0.6 is 39.1 Å². The number of nitrogens with one attached hydrogen (secondary N) is 1. The van der Waals surface area contributed by atoms with Crippen molar-refractivity contribution in [2.24, 2.45) is 0 Å². The van der Waals surface area contributed by atoms with Gasteiger partial charge in [0, 0.05) is 21.0 Å². The second kappa shape index (κ2) is 11.3. The predicted octanol–water partition coefficient (Wildman–Crippen LogP) is 8.55. The summed E-state index contributed by atoms with van der Waals surface area (Å²) in [5.74, 6) is -0.450. The van der Waals surface area contributed by atoms with Crippen LogP contribution in [-0.2, 0) is 0 Å². The fourth-order valence-corrected chi connectivity index (χ4v) is 4.46. The Labute approximate surface area is 221 Å². The van der Waals surface area contributed by atoms with Crippen molar-refractivity contribution in [2.45, 2.75) is 26.2 Å². The van der Waals surface area contributed by atoms with Gasteiger partial charge in [-0.05, 0) is 55.0 Å². The summed E-state index contributed by atoms with van der Waals surface area (Å²) in [5, 5.41) is 3.91. The molecule has 1 heterocycles. The molecule has 0 saturated heterocycles. The Morgan fingerprint density at radius 3 is 2.34 bits per heavy atom. The van der Waals surface area contributed by atoms with E-state index in [1.165, 1.54) is 12.1 Å². The highest BCUT2D eigenvalue weighted by molar-refractivity contribution is 9.10. The first-order valence-electron chi connectivity index (χ1n) is 11.1. The summed E-state index contributed by atoms with van der Waals surface area (Å²) in [5.41, 5.74) is 1.42. The van der Waals surface area contributed by atoms with Gasteiger partial charge in [0.1, 0.15) is 5.58 Å². The van der Waals surface area contributed by atoms with E-state index in [2.05, 4.69) is 28.2 Å². The van der Waals surface area contributed by atoms with Crippen molar-refractivity contribution in [3.8, 4) is 5.75 Å². The SMILES string of the molecule is CCCCCOc1c(Cl)cc(C(=O)Nc2c(C(=O)c3ccc(Br)cc3)oc3ccccc23)cc1Cl. The minimum absolute atomic E-state index is 0.0370. The zero-order chi connectivity index (χ0) is 24.9. The minimum atomic E-state index is -0.484. The molecule has 0 radical (unpaired) electrons. The number of halogens is 3. The largest absolute Gasteiger partial charge is 0.490 e. The van der Waals surface area contributed by atoms with E-state index in [0.717, 1.165) is 23.7 Å². The molecular formula is C27H22BrCl2NO4. The minimum Gasteiger partial charge on any atom is -0.490 e. The van der Waals surface area contributed by atoms with Gasteiger partial charge in [0.15, 0.2) is 11.5 Å². The van der Waals surface area contributed by atoms with Gasteiger partial charge in [-0.1, -0.05) is 71.0 Å². The number of fused-ring (bicyclic) bond motifs is 1. The topological polar surface area (TPSA) is 68.5 Å². The van der Waals surface area contributed by atoms with Crippen LogP contribution in [0.15, 0.2) is 69.6 Å². The number of ether oxygens (including phenoxy) is 1. The van der Waals surface area contributed by atoms with E-state index in [1.807, 2.05) is 0 Å². The third kappa shape index (κ3) is 5.72. The molecule has 8 heteroatoms. The Kier molecular flexibility index (Phi) is 8.16. The first kappa shape index (κ1) is 25.3. The lowest BCUT2D eigenvalue weighted by molar-refractivity contribution is 0.101. The number of unbranched alkanes of at least 4 members (excludes halogenated alkanes) is 2. The standard InChI is InChI=1S/C27H22BrCl2NO4/c1-2-3-6-13-34-25-20(29)14-17(15-21(25)30)27(33)31-23-19-7-4-5-8-22(19)35-26(23)24(32)16-9-11-18(28)12-10-16/h4-5,7-12,14-15H,2-3,6,13H2,1H3,(H,31,33). The molecule has 4 rings (SSSR count). The number of furan rings is 1. The predicted molar refractivity (Wildman–Crippen MR) is 143 cm³/mol. The van der Waals surface area contributed by atoms with Gasteiger partial charge >= 0.3 is 0 Å². The molecule has 1 N–H and O–H groups in total. The summed E-state index contributed by atoms with van der Waals surface area (Å²) in [4.78, 5) is 26.4. The molecule has 3 aromatic carbocycles. The van der Waals surface area contributed by atoms with Gasteiger partial charge in [-0.3, -0.25) is 9.59 Å². The van der Waals surface area contributed by atoms with Crippen LogP contribution in [0.2, 0.25) is 10.0 Å². The summed E-state index contributed by atoms with van der Waals surface area (Å²) in [6.45, 7) is 2.59. The van der Waals surface area contributed by atoms with Crippen LogP contribution in [0.5, 0.6) is 5.75 Å². The summed E-state index contributed by atoms with van der Waals surface area (Å²) < 4.78 is 12.4. The quantitative estimate of drug-likeness (QED) is 0.160. The summed E-state index contributed by atoms with van der Waals surface area (Å²) >= 11 is 16.1. The fraction of sp³-hybridized carbons (Fsp3) is 0.185. The highest BCUT2D eigenvalue weighted by Gasteiger charge is 2.24. The Balaban J connectivity index is 1.64. The number of hydrogen-bond acceptors (Lipinski definition) is 4. The van der Waals surface area contributed by atoms with E-state index in [0.29, 0.717) is 28.9 Å². The lowest BCUT2D eigenvalue weighted by Gasteiger charge is -2.12. The molecule has 180 valence electrons. The molecule has 0 aliphatic carbocycles. The highest BCUT2D eigenvalue weighted by atomic mass is 79.9. The van der Waals surface area contributed by atoms with Gasteiger partial charge in [-0.15, -0.1) is 0 Å². The molecule has 5 nitrogen and oxygen atoms in total. The van der Waals surface area contributed by atoms with E-state index < -0.39 is 5.91 Å². The number of ketones is 1. The lowest BCUT2D eigenvalue weighted by Crippen LogP contribution is -2.14. The number of amides is 1. The van der Waals surface area contributed by atoms with Crippen molar-refractivity contribution in [1.29, 1.82) is 0 Å². The second-order valence-electron chi connectivity index (χ2n) is 7.92. The van der Waals surface area contributed by atoms with E-state index in [1.54, 1.807) is 48.5 Å². The zero-order valence-electron chi connectivity index (χ0n) is 18.9. The molecule has 0 aliphatic heterocycles. The van der Waals surface area contributed by atoms with Crippen molar-refractivity contribution in [2.75, 3.05) is 11.9 Å². The summed E-state index contributed by atoms with van der Waals surface area (Å²) in [7, 11) is 0. The number of anilines is 1. The smallest absolute Gasteiger partial charge is 0.255 e. The maximum absolute atomic E-state index is 13.2. The van der Waals surface area contributed by atoms with Crippen LogP contribution in [0, 0.1) is 0 Å². The van der Waals surface area contributed by atoms with E-state index in [9.17, 15) is 9.59 Å². The fourth-order valence-electron chi connectivity index (χ4n) is 3.60. The first-order chi connectivity index (χ1) is 16.9. The highest BCUT2D eigenvalue weighted by Crippen LogP contribution is 2.36. The molecule has 35 heavy (non-hydrogen) atoms. The van der Waals surface area contributed by atoms with Gasteiger partial charge in [0.2, 0.25) is 5.78 Å². The van der Waals surface area contributed by atoms with Crippen molar-refractivity contribution >= 4 is 67.5 Å². The normalized spacial score (nSPS) is 11.0. The third-order valence-corrected chi connectivity index (χ3v) is 6.49. The number of benzene rings is 3. The molecule has 0 aliphatic rings. The number of para-hydroxylation sites is 1. The first-order valence-corrected chi connectivity index (χ1v) is 12.7. The second-order valence-corrected chi connectivity index (χ2v) is 9.65. The lowest BCUT2D eigenvalue weighted by atomic mass is 10.1. The number of rotatable bonds is 9.